The van der Waals surface area contributed by atoms with E-state index in [1.54, 1.807) is 0 Å². The Hall–Kier alpha value is -0.120. The number of rotatable bonds is 9. The zero-order chi connectivity index (χ0) is 15.2. The van der Waals surface area contributed by atoms with Gasteiger partial charge in [-0.3, -0.25) is 4.90 Å². The maximum atomic E-state index is 5.83. The summed E-state index contributed by atoms with van der Waals surface area (Å²) in [6.07, 6.45) is 6.68. The van der Waals surface area contributed by atoms with Gasteiger partial charge in [-0.2, -0.15) is 0 Å². The number of likely N-dealkylation sites (N-methyl/N-ethyl adjacent to an activating group) is 1. The van der Waals surface area contributed by atoms with Gasteiger partial charge in [0.1, 0.15) is 0 Å². The molecule has 4 unspecified atom stereocenters. The van der Waals surface area contributed by atoms with E-state index >= 15 is 0 Å². The van der Waals surface area contributed by atoms with Crippen LogP contribution < -0.4 is 5.32 Å². The molecule has 2 saturated carbocycles. The molecule has 0 amide bonds. The maximum Gasteiger partial charge on any atom is 0.0593 e. The van der Waals surface area contributed by atoms with Gasteiger partial charge < -0.3 is 10.1 Å². The first-order valence-corrected chi connectivity index (χ1v) is 9.13. The van der Waals surface area contributed by atoms with Crippen molar-refractivity contribution in [3.63, 3.8) is 0 Å². The smallest absolute Gasteiger partial charge is 0.0593 e. The molecule has 2 aliphatic carbocycles. The van der Waals surface area contributed by atoms with Gasteiger partial charge in [0.05, 0.1) is 6.61 Å². The van der Waals surface area contributed by atoms with Crippen LogP contribution in [0.1, 0.15) is 52.9 Å². The average molecular weight is 296 g/mol. The minimum Gasteiger partial charge on any atom is -0.380 e. The molecular weight excluding hydrogens is 260 g/mol. The van der Waals surface area contributed by atoms with E-state index in [-0.39, 0.29) is 0 Å². The molecular formula is C18H36N2O. The van der Waals surface area contributed by atoms with Crippen LogP contribution in [0.3, 0.4) is 0 Å². The van der Waals surface area contributed by atoms with Crippen molar-refractivity contribution in [2.24, 2.45) is 17.8 Å². The van der Waals surface area contributed by atoms with Crippen molar-refractivity contribution < 1.29 is 4.74 Å². The van der Waals surface area contributed by atoms with Gasteiger partial charge in [0, 0.05) is 25.2 Å². The van der Waals surface area contributed by atoms with E-state index in [2.05, 4.69) is 38.0 Å². The molecule has 124 valence electrons. The predicted octanol–water partition coefficient (Wildman–Crippen LogP) is 3.15. The largest absolute Gasteiger partial charge is 0.380 e. The molecule has 0 spiro atoms. The van der Waals surface area contributed by atoms with Crippen molar-refractivity contribution in [2.45, 2.75) is 65.0 Å². The van der Waals surface area contributed by atoms with Crippen molar-refractivity contribution in [1.82, 2.24) is 10.2 Å². The third-order valence-electron chi connectivity index (χ3n) is 5.23. The Kier molecular flexibility index (Phi) is 6.97. The van der Waals surface area contributed by atoms with Crippen molar-refractivity contribution in [3.8, 4) is 0 Å². The quantitative estimate of drug-likeness (QED) is 0.662. The fourth-order valence-corrected chi connectivity index (χ4v) is 4.01. The number of nitrogens with one attached hydrogen (secondary N) is 1. The van der Waals surface area contributed by atoms with Crippen molar-refractivity contribution in [1.29, 1.82) is 0 Å². The number of hydrogen-bond donors (Lipinski definition) is 1. The van der Waals surface area contributed by atoms with Gasteiger partial charge in [0.2, 0.25) is 0 Å². The standard InChI is InChI=1S/C18H36N2O/c1-5-8-19-17-12-14(2)11-15(3)18(17)20(4)9-10-21-13-16-6-7-16/h14-19H,5-13H2,1-4H3. The number of hydrogen-bond acceptors (Lipinski definition) is 3. The molecule has 0 aromatic heterocycles. The molecule has 0 aromatic rings. The lowest BCUT2D eigenvalue weighted by atomic mass is 9.76. The SMILES string of the molecule is CCCNC1CC(C)CC(C)C1N(C)CCOCC1CC1. The van der Waals surface area contributed by atoms with Gasteiger partial charge in [-0.05, 0) is 63.5 Å². The Labute approximate surface area is 131 Å². The summed E-state index contributed by atoms with van der Waals surface area (Å²) in [5.41, 5.74) is 0. The first-order valence-electron chi connectivity index (χ1n) is 9.13. The molecule has 3 nitrogen and oxygen atoms in total. The summed E-state index contributed by atoms with van der Waals surface area (Å²) in [5, 5.41) is 3.80. The van der Waals surface area contributed by atoms with E-state index in [9.17, 15) is 0 Å². The summed E-state index contributed by atoms with van der Waals surface area (Å²) in [6, 6.07) is 1.31. The zero-order valence-corrected chi connectivity index (χ0v) is 14.6. The lowest BCUT2D eigenvalue weighted by molar-refractivity contribution is 0.0451. The van der Waals surface area contributed by atoms with Gasteiger partial charge in [-0.15, -0.1) is 0 Å². The van der Waals surface area contributed by atoms with Crippen LogP contribution in [0.2, 0.25) is 0 Å². The van der Waals surface area contributed by atoms with Gasteiger partial charge in [-0.1, -0.05) is 20.8 Å². The molecule has 2 rings (SSSR count). The highest BCUT2D eigenvalue weighted by atomic mass is 16.5. The van der Waals surface area contributed by atoms with E-state index in [0.29, 0.717) is 12.1 Å². The van der Waals surface area contributed by atoms with Crippen molar-refractivity contribution in [3.05, 3.63) is 0 Å². The Morgan fingerprint density at radius 3 is 2.62 bits per heavy atom. The van der Waals surface area contributed by atoms with Crippen molar-refractivity contribution in [2.75, 3.05) is 33.4 Å². The van der Waals surface area contributed by atoms with Crippen LogP contribution >= 0.6 is 0 Å². The van der Waals surface area contributed by atoms with Crippen LogP contribution in [0.4, 0.5) is 0 Å². The van der Waals surface area contributed by atoms with Crippen LogP contribution in [0.15, 0.2) is 0 Å². The highest BCUT2D eigenvalue weighted by Crippen LogP contribution is 2.32. The molecule has 1 N–H and O–H groups in total. The van der Waals surface area contributed by atoms with Crippen LogP contribution in [0.5, 0.6) is 0 Å². The molecule has 3 heteroatoms. The van der Waals surface area contributed by atoms with Gasteiger partial charge in [0.25, 0.3) is 0 Å². The first-order chi connectivity index (χ1) is 10.1. The normalized spacial score (nSPS) is 33.6. The second kappa shape index (κ2) is 8.50. The molecule has 0 saturated heterocycles. The zero-order valence-electron chi connectivity index (χ0n) is 14.6. The Morgan fingerprint density at radius 2 is 1.95 bits per heavy atom. The lowest BCUT2D eigenvalue weighted by Crippen LogP contribution is -2.56. The second-order valence-corrected chi connectivity index (χ2v) is 7.60. The van der Waals surface area contributed by atoms with Gasteiger partial charge in [-0.25, -0.2) is 0 Å². The van der Waals surface area contributed by atoms with E-state index in [0.717, 1.165) is 44.1 Å². The minimum atomic E-state index is 0.650. The third kappa shape index (κ3) is 5.54. The first kappa shape index (κ1) is 17.2. The fourth-order valence-electron chi connectivity index (χ4n) is 4.01. The van der Waals surface area contributed by atoms with Gasteiger partial charge >= 0.3 is 0 Å². The van der Waals surface area contributed by atoms with Crippen LogP contribution in [-0.2, 0) is 4.74 Å². The topological polar surface area (TPSA) is 24.5 Å². The van der Waals surface area contributed by atoms with E-state index in [1.807, 2.05) is 0 Å². The van der Waals surface area contributed by atoms with E-state index < -0.39 is 0 Å². The summed E-state index contributed by atoms with van der Waals surface area (Å²) in [6.45, 7) is 11.2. The van der Waals surface area contributed by atoms with E-state index in [4.69, 9.17) is 4.74 Å². The molecule has 21 heavy (non-hydrogen) atoms. The summed E-state index contributed by atoms with van der Waals surface area (Å²) >= 11 is 0. The molecule has 4 atom stereocenters. The van der Waals surface area contributed by atoms with Gasteiger partial charge in [0.15, 0.2) is 0 Å². The molecule has 0 bridgehead atoms. The molecule has 0 radical (unpaired) electrons. The Bertz CT molecular complexity index is 293. The summed E-state index contributed by atoms with van der Waals surface area (Å²) in [5.74, 6) is 2.50. The monoisotopic (exact) mass is 296 g/mol. The highest BCUT2D eigenvalue weighted by molar-refractivity contribution is 4.93. The molecule has 0 aromatic carbocycles. The fraction of sp³-hybridized carbons (Fsp3) is 1.00. The summed E-state index contributed by atoms with van der Waals surface area (Å²) < 4.78 is 5.83. The second-order valence-electron chi connectivity index (χ2n) is 7.60. The Balaban J connectivity index is 1.79. The molecule has 2 aliphatic rings. The van der Waals surface area contributed by atoms with Crippen LogP contribution in [0, 0.1) is 17.8 Å². The molecule has 2 fully saturated rings. The average Bonchev–Trinajstić information content (AvgIpc) is 3.24. The maximum absolute atomic E-state index is 5.83. The van der Waals surface area contributed by atoms with Crippen LogP contribution in [-0.4, -0.2) is 50.3 Å². The summed E-state index contributed by atoms with van der Waals surface area (Å²) in [4.78, 5) is 2.55. The van der Waals surface area contributed by atoms with Crippen LogP contribution in [0.25, 0.3) is 0 Å². The molecule has 0 heterocycles. The minimum absolute atomic E-state index is 0.650. The Morgan fingerprint density at radius 1 is 1.19 bits per heavy atom. The highest BCUT2D eigenvalue weighted by Gasteiger charge is 2.35. The predicted molar refractivity (Wildman–Crippen MR) is 89.6 cm³/mol. The number of ether oxygens (including phenoxy) is 1. The number of nitrogens with zero attached hydrogens (tertiary/aromatic N) is 1. The van der Waals surface area contributed by atoms with E-state index in [1.165, 1.54) is 32.1 Å². The van der Waals surface area contributed by atoms with Crippen molar-refractivity contribution >= 4 is 0 Å². The summed E-state index contributed by atoms with van der Waals surface area (Å²) in [7, 11) is 2.29. The molecule has 0 aliphatic heterocycles. The lowest BCUT2D eigenvalue weighted by Gasteiger charge is -2.45. The third-order valence-corrected chi connectivity index (χ3v) is 5.23.